The summed E-state index contributed by atoms with van der Waals surface area (Å²) in [6, 6.07) is 6.65. The number of nitrogen functional groups attached to an aromatic ring is 1. The molecule has 9 nitrogen and oxygen atoms in total. The molecule has 0 saturated carbocycles. The SMILES string of the molecule is CC#CC(=O)N1CCC(c2nc(-c3ccc(Oc4cc(C(F)(F)F)ccn4)nc3)n3c(N)nccc23)C1. The van der Waals surface area contributed by atoms with Crippen LogP contribution in [-0.2, 0) is 11.0 Å². The van der Waals surface area contributed by atoms with Crippen LogP contribution in [0.15, 0.2) is 48.9 Å². The fourth-order valence-corrected chi connectivity index (χ4v) is 4.25. The number of ether oxygens (including phenoxy) is 1. The van der Waals surface area contributed by atoms with Crippen LogP contribution in [0, 0.1) is 11.8 Å². The van der Waals surface area contributed by atoms with Crippen LogP contribution in [-0.4, -0.2) is 48.2 Å². The Morgan fingerprint density at radius 2 is 1.95 bits per heavy atom. The molecule has 1 aliphatic rings. The summed E-state index contributed by atoms with van der Waals surface area (Å²) in [5, 5.41) is 0. The number of halogens is 3. The van der Waals surface area contributed by atoms with Gasteiger partial charge in [-0.15, -0.1) is 0 Å². The molecule has 1 unspecified atom stereocenters. The highest BCUT2D eigenvalue weighted by Gasteiger charge is 2.32. The normalized spacial score (nSPS) is 15.5. The summed E-state index contributed by atoms with van der Waals surface area (Å²) in [4.78, 5) is 31.0. The van der Waals surface area contributed by atoms with E-state index in [4.69, 9.17) is 15.5 Å². The standard InChI is InChI=1S/C25H20F3N7O2/c1-2-3-21(36)34-11-8-16(14-34)22-18-7-10-31-24(29)35(18)23(33-22)15-4-5-19(32-13-15)37-20-12-17(6-9-30-20)25(26,27)28/h4-7,9-10,12-13,16H,8,11,14H2,1H3,(H2,29,31). The molecular formula is C25H20F3N7O2. The van der Waals surface area contributed by atoms with Gasteiger partial charge in [0.05, 0.1) is 16.8 Å². The third-order valence-electron chi connectivity index (χ3n) is 5.97. The van der Waals surface area contributed by atoms with E-state index in [0.29, 0.717) is 24.5 Å². The molecule has 12 heteroatoms. The van der Waals surface area contributed by atoms with Gasteiger partial charge in [-0.05, 0) is 37.5 Å². The molecule has 1 saturated heterocycles. The third kappa shape index (κ3) is 4.75. The van der Waals surface area contributed by atoms with Crippen LogP contribution in [0.5, 0.6) is 11.8 Å². The van der Waals surface area contributed by atoms with Crippen molar-refractivity contribution in [1.82, 2.24) is 29.2 Å². The summed E-state index contributed by atoms with van der Waals surface area (Å²) in [5.41, 5.74) is 7.44. The van der Waals surface area contributed by atoms with E-state index in [1.165, 1.54) is 12.3 Å². The number of hydrogen-bond donors (Lipinski definition) is 1. The topological polar surface area (TPSA) is 112 Å². The van der Waals surface area contributed by atoms with Crippen molar-refractivity contribution in [2.24, 2.45) is 0 Å². The van der Waals surface area contributed by atoms with Crippen molar-refractivity contribution in [2.45, 2.75) is 25.4 Å². The zero-order valence-electron chi connectivity index (χ0n) is 19.5. The number of anilines is 1. The predicted molar refractivity (Wildman–Crippen MR) is 127 cm³/mol. The lowest BCUT2D eigenvalue weighted by Crippen LogP contribution is -2.26. The molecule has 4 aromatic heterocycles. The lowest BCUT2D eigenvalue weighted by Gasteiger charge is -2.12. The molecule has 0 radical (unpaired) electrons. The van der Waals surface area contributed by atoms with Crippen molar-refractivity contribution in [3.05, 3.63) is 60.2 Å². The van der Waals surface area contributed by atoms with Gasteiger partial charge in [0, 0.05) is 55.3 Å². The molecule has 2 N–H and O–H groups in total. The first kappa shape index (κ1) is 24.1. The van der Waals surface area contributed by atoms with E-state index in [1.807, 2.05) is 6.07 Å². The second-order valence-electron chi connectivity index (χ2n) is 8.32. The van der Waals surface area contributed by atoms with Crippen molar-refractivity contribution >= 4 is 17.4 Å². The number of imidazole rings is 1. The van der Waals surface area contributed by atoms with E-state index >= 15 is 0 Å². The monoisotopic (exact) mass is 507 g/mol. The predicted octanol–water partition coefficient (Wildman–Crippen LogP) is 3.92. The van der Waals surface area contributed by atoms with E-state index in [2.05, 4.69) is 26.8 Å². The number of rotatable bonds is 4. The maximum atomic E-state index is 13.0. The van der Waals surface area contributed by atoms with Crippen LogP contribution in [0.4, 0.5) is 19.1 Å². The number of carbonyl (C=O) groups is 1. The Hall–Kier alpha value is -4.66. The minimum Gasteiger partial charge on any atom is -0.421 e. The minimum atomic E-state index is -4.52. The zero-order chi connectivity index (χ0) is 26.2. The number of alkyl halides is 3. The fraction of sp³-hybridized carbons (Fsp3) is 0.240. The van der Waals surface area contributed by atoms with Crippen molar-refractivity contribution in [2.75, 3.05) is 18.8 Å². The number of carbonyl (C=O) groups excluding carboxylic acids is 1. The molecule has 5 heterocycles. The van der Waals surface area contributed by atoms with Crippen LogP contribution >= 0.6 is 0 Å². The highest BCUT2D eigenvalue weighted by Crippen LogP contribution is 2.34. The molecule has 1 aliphatic heterocycles. The van der Waals surface area contributed by atoms with Gasteiger partial charge in [-0.25, -0.2) is 19.9 Å². The quantitative estimate of drug-likeness (QED) is 0.417. The molecule has 5 rings (SSSR count). The van der Waals surface area contributed by atoms with Crippen molar-refractivity contribution in [3.8, 4) is 35.0 Å². The summed E-state index contributed by atoms with van der Waals surface area (Å²) < 4.78 is 46.0. The summed E-state index contributed by atoms with van der Waals surface area (Å²) >= 11 is 0. The fourth-order valence-electron chi connectivity index (χ4n) is 4.25. The third-order valence-corrected chi connectivity index (χ3v) is 5.97. The Morgan fingerprint density at radius 1 is 1.14 bits per heavy atom. The van der Waals surface area contributed by atoms with Crippen LogP contribution < -0.4 is 10.5 Å². The van der Waals surface area contributed by atoms with Gasteiger partial charge >= 0.3 is 6.18 Å². The molecule has 0 aromatic carbocycles. The number of aromatic nitrogens is 5. The van der Waals surface area contributed by atoms with Gasteiger partial charge in [-0.1, -0.05) is 5.92 Å². The maximum Gasteiger partial charge on any atom is 0.416 e. The number of nitrogens with two attached hydrogens (primary N) is 1. The maximum absolute atomic E-state index is 13.0. The first-order valence-corrected chi connectivity index (χ1v) is 11.3. The lowest BCUT2D eigenvalue weighted by atomic mass is 10.0. The van der Waals surface area contributed by atoms with Crippen LogP contribution in [0.25, 0.3) is 16.9 Å². The molecule has 37 heavy (non-hydrogen) atoms. The van der Waals surface area contributed by atoms with E-state index in [-0.39, 0.29) is 29.5 Å². The van der Waals surface area contributed by atoms with E-state index in [1.54, 1.807) is 28.5 Å². The minimum absolute atomic E-state index is 0.0179. The van der Waals surface area contributed by atoms with Gasteiger partial charge in [-0.3, -0.25) is 9.20 Å². The average Bonchev–Trinajstić information content (AvgIpc) is 3.51. The van der Waals surface area contributed by atoms with Crippen LogP contribution in [0.1, 0.15) is 30.5 Å². The molecule has 0 bridgehead atoms. The number of likely N-dealkylation sites (tertiary alicyclic amines) is 1. The first-order valence-electron chi connectivity index (χ1n) is 11.3. The molecule has 0 spiro atoms. The van der Waals surface area contributed by atoms with Crippen molar-refractivity contribution in [1.29, 1.82) is 0 Å². The zero-order valence-corrected chi connectivity index (χ0v) is 19.5. The number of nitrogens with zero attached hydrogens (tertiary/aromatic N) is 6. The second-order valence-corrected chi connectivity index (χ2v) is 8.32. The molecule has 0 aliphatic carbocycles. The Balaban J connectivity index is 1.44. The Kier molecular flexibility index (Phi) is 6.12. The van der Waals surface area contributed by atoms with E-state index in [9.17, 15) is 18.0 Å². The average molecular weight is 507 g/mol. The van der Waals surface area contributed by atoms with Crippen molar-refractivity contribution in [3.63, 3.8) is 0 Å². The Bertz CT molecular complexity index is 1540. The number of hydrogen-bond acceptors (Lipinski definition) is 7. The van der Waals surface area contributed by atoms with Gasteiger partial charge < -0.3 is 15.4 Å². The summed E-state index contributed by atoms with van der Waals surface area (Å²) in [5.74, 6) is 5.51. The molecule has 1 fully saturated rings. The lowest BCUT2D eigenvalue weighted by molar-refractivity contribution is -0.137. The molecule has 4 aromatic rings. The van der Waals surface area contributed by atoms with Crippen LogP contribution in [0.2, 0.25) is 0 Å². The molecule has 1 amide bonds. The summed E-state index contributed by atoms with van der Waals surface area (Å²) in [6.07, 6.45) is 0.304. The highest BCUT2D eigenvalue weighted by atomic mass is 19.4. The second kappa shape index (κ2) is 9.42. The molecule has 1 atom stereocenters. The first-order chi connectivity index (χ1) is 17.7. The van der Waals surface area contributed by atoms with Gasteiger partial charge in [0.25, 0.3) is 5.91 Å². The number of amides is 1. The largest absolute Gasteiger partial charge is 0.421 e. The van der Waals surface area contributed by atoms with Gasteiger partial charge in [0.15, 0.2) is 0 Å². The van der Waals surface area contributed by atoms with E-state index < -0.39 is 11.7 Å². The van der Waals surface area contributed by atoms with Crippen LogP contribution in [0.3, 0.4) is 0 Å². The smallest absolute Gasteiger partial charge is 0.416 e. The number of fused-ring (bicyclic) bond motifs is 1. The summed E-state index contributed by atoms with van der Waals surface area (Å²) in [7, 11) is 0. The van der Waals surface area contributed by atoms with E-state index in [0.717, 1.165) is 36.0 Å². The van der Waals surface area contributed by atoms with Crippen molar-refractivity contribution < 1.29 is 22.7 Å². The Labute approximate surface area is 209 Å². The highest BCUT2D eigenvalue weighted by molar-refractivity contribution is 5.93. The summed E-state index contributed by atoms with van der Waals surface area (Å²) in [6.45, 7) is 2.68. The molecule has 188 valence electrons. The molecular weight excluding hydrogens is 487 g/mol. The Morgan fingerprint density at radius 3 is 2.68 bits per heavy atom. The van der Waals surface area contributed by atoms with Gasteiger partial charge in [0.2, 0.25) is 17.7 Å². The van der Waals surface area contributed by atoms with Gasteiger partial charge in [0.1, 0.15) is 5.82 Å². The number of pyridine rings is 2. The van der Waals surface area contributed by atoms with Gasteiger partial charge in [-0.2, -0.15) is 13.2 Å².